The van der Waals surface area contributed by atoms with Crippen molar-refractivity contribution in [2.45, 2.75) is 61.7 Å². The predicted molar refractivity (Wildman–Crippen MR) is 136 cm³/mol. The van der Waals surface area contributed by atoms with Gasteiger partial charge in [-0.05, 0) is 12.0 Å². The Labute approximate surface area is 264 Å². The van der Waals surface area contributed by atoms with E-state index in [9.17, 15) is 58.8 Å². The fraction of sp³-hybridized carbons (Fsp3) is 0.833. The van der Waals surface area contributed by atoms with Crippen LogP contribution in [0.2, 0.25) is 0 Å². The number of amides is 4. The number of rotatable bonds is 12. The molecule has 0 aromatic heterocycles. The Morgan fingerprint density at radius 2 is 1.81 bits per heavy atom. The van der Waals surface area contributed by atoms with Crippen molar-refractivity contribution in [2.24, 2.45) is 11.0 Å². The van der Waals surface area contributed by atoms with Gasteiger partial charge in [0.1, 0.15) is 31.0 Å². The van der Waals surface area contributed by atoms with Crippen LogP contribution in [-0.2, 0) is 36.8 Å². The molecule has 3 fully saturated rings. The van der Waals surface area contributed by atoms with E-state index in [1.807, 2.05) is 5.32 Å². The van der Waals surface area contributed by atoms with Crippen LogP contribution < -0.4 is 10.6 Å². The molecule has 3 rings (SSSR count). The minimum Gasteiger partial charge on any atom is -0.396 e. The van der Waals surface area contributed by atoms with Crippen LogP contribution >= 0.6 is 15.6 Å². The van der Waals surface area contributed by atoms with Crippen molar-refractivity contribution < 1.29 is 76.9 Å². The summed E-state index contributed by atoms with van der Waals surface area (Å²) in [5.41, 5.74) is 8.35. The number of azide groups is 1. The van der Waals surface area contributed by atoms with E-state index in [0.29, 0.717) is 0 Å². The topological polar surface area (TPSA) is 340 Å². The third-order valence-electron chi connectivity index (χ3n) is 6.58. The summed E-state index contributed by atoms with van der Waals surface area (Å²) in [6.45, 7) is -2.68. The first kappa shape index (κ1) is 37.9. The second kappa shape index (κ2) is 15.8. The fourth-order valence-corrected chi connectivity index (χ4v) is 6.83. The monoisotopic (exact) mass is 671 g/mol. The Kier molecular flexibility index (Phi) is 14.0. The summed E-state index contributed by atoms with van der Waals surface area (Å²) in [4.78, 5) is 58.8. The maximum Gasteiger partial charge on any atom is 0.481 e. The van der Waals surface area contributed by atoms with Gasteiger partial charge in [0, 0.05) is 60.0 Å². The molecule has 22 nitrogen and oxygen atoms in total. The molecule has 0 aromatic carbocycles. The van der Waals surface area contributed by atoms with E-state index in [2.05, 4.69) is 24.2 Å². The molecule has 2 aliphatic heterocycles. The van der Waals surface area contributed by atoms with Crippen LogP contribution in [0.1, 0.15) is 12.8 Å². The van der Waals surface area contributed by atoms with Crippen LogP contribution in [0.5, 0.6) is 0 Å². The van der Waals surface area contributed by atoms with Crippen molar-refractivity contribution in [2.75, 3.05) is 26.3 Å². The normalized spacial score (nSPS) is 35.5. The molecule has 239 valence electrons. The molecule has 11 unspecified atom stereocenters. The first-order chi connectivity index (χ1) is 19.6. The molecule has 0 bridgehead atoms. The van der Waals surface area contributed by atoms with Crippen LogP contribution in [-0.4, -0.2) is 163 Å². The number of phosphoric ester groups is 2. The number of aliphatic hydroxyl groups excluding tert-OH is 5. The van der Waals surface area contributed by atoms with E-state index in [4.69, 9.17) is 14.8 Å². The maximum atomic E-state index is 12.6. The predicted octanol–water partition coefficient (Wildman–Crippen LogP) is -3.86. The summed E-state index contributed by atoms with van der Waals surface area (Å²) in [7, 11) is -11.1. The number of carbonyl (C=O) groups excluding carboxylic acids is 3. The van der Waals surface area contributed by atoms with Gasteiger partial charge in [0.05, 0.1) is 24.9 Å². The number of aliphatic hydroxyl groups is 5. The fourth-order valence-electron chi connectivity index (χ4n) is 4.55. The number of urea groups is 1. The number of carbonyl (C=O) groups is 3. The second-order valence-electron chi connectivity index (χ2n) is 9.44. The van der Waals surface area contributed by atoms with Gasteiger partial charge in [-0.15, -0.1) is 0 Å². The van der Waals surface area contributed by atoms with Crippen LogP contribution in [0.25, 0.3) is 10.4 Å². The largest absolute Gasteiger partial charge is 0.481 e. The van der Waals surface area contributed by atoms with Crippen LogP contribution in [0.15, 0.2) is 5.11 Å². The van der Waals surface area contributed by atoms with Crippen molar-refractivity contribution in [3.63, 3.8) is 0 Å². The molecule has 1 saturated carbocycles. The van der Waals surface area contributed by atoms with E-state index in [1.54, 1.807) is 0 Å². The summed E-state index contributed by atoms with van der Waals surface area (Å²) in [6.07, 6.45) is -12.4. The summed E-state index contributed by atoms with van der Waals surface area (Å²) >= 11 is 0. The zero-order chi connectivity index (χ0) is 31.4. The van der Waals surface area contributed by atoms with Gasteiger partial charge in [-0.2, -0.15) is 4.31 Å². The van der Waals surface area contributed by atoms with Gasteiger partial charge in [-0.1, -0.05) is 5.11 Å². The van der Waals surface area contributed by atoms with Gasteiger partial charge in [-0.3, -0.25) is 28.9 Å². The third kappa shape index (κ3) is 9.86. The van der Waals surface area contributed by atoms with Gasteiger partial charge in [0.15, 0.2) is 6.23 Å². The van der Waals surface area contributed by atoms with Crippen LogP contribution in [0.4, 0.5) is 4.79 Å². The molecule has 25 heteroatoms. The molecule has 4 amide bonds. The molecule has 2 heterocycles. The molecule has 1 radical (unpaired) electrons. The molecular weight excluding hydrogens is 641 g/mol. The van der Waals surface area contributed by atoms with Gasteiger partial charge < -0.3 is 45.4 Å². The first-order valence-corrected chi connectivity index (χ1v) is 15.2. The van der Waals surface area contributed by atoms with Crippen molar-refractivity contribution in [1.82, 2.24) is 15.5 Å². The van der Waals surface area contributed by atoms with E-state index in [1.165, 1.54) is 0 Å². The average molecular weight is 671 g/mol. The Bertz CT molecular complexity index is 1180. The number of nitrogens with one attached hydrogen (secondary N) is 2. The summed E-state index contributed by atoms with van der Waals surface area (Å²) < 4.78 is 44.2. The molecule has 2 saturated heterocycles. The SMILES string of the molecule is [N-]=[N+]=NCC(=O)NC1C(OP(=O)(O)OP(=O)(O)OCC2OC(N3CCC(=O)NC3=O)C(O)C2O)CC(CO)C(O)C1O.[Na]. The number of ether oxygens (including phenoxy) is 1. The molecule has 1 aliphatic carbocycles. The van der Waals surface area contributed by atoms with Gasteiger partial charge in [-0.25, -0.2) is 13.9 Å². The standard InChI is InChI=1S/C18H30N6O16P2.Na/c19-23-20-4-11(27)21-12-8(3-7(5-25)13(28)15(12)30)39-42(35,36)40-41(33,34)37-6-9-14(29)16(31)17(38-9)24-2-1-10(26)22-18(24)32;/h7-9,12-17,25,28-31H,1-6H2,(H,21,27)(H,33,34)(H,35,36)(H,22,26,32);. The zero-order valence-electron chi connectivity index (χ0n) is 22.4. The molecular formula is C18H30N6NaO16P2. The third-order valence-corrected chi connectivity index (χ3v) is 9.25. The number of hydrogen-bond acceptors (Lipinski definition) is 15. The van der Waals surface area contributed by atoms with Crippen molar-refractivity contribution in [1.29, 1.82) is 0 Å². The molecule has 9 N–H and O–H groups in total. The molecule has 3 aliphatic rings. The summed E-state index contributed by atoms with van der Waals surface area (Å²) in [5, 5.41) is 57.7. The van der Waals surface area contributed by atoms with E-state index in [0.717, 1.165) is 4.90 Å². The Balaban J connectivity index is 0.00000645. The van der Waals surface area contributed by atoms with Crippen LogP contribution in [0.3, 0.4) is 0 Å². The van der Waals surface area contributed by atoms with Gasteiger partial charge in [0.25, 0.3) is 0 Å². The minimum absolute atomic E-state index is 0. The van der Waals surface area contributed by atoms with Gasteiger partial charge >= 0.3 is 21.7 Å². The number of imide groups is 1. The first-order valence-electron chi connectivity index (χ1n) is 12.2. The number of phosphoric acid groups is 2. The van der Waals surface area contributed by atoms with Gasteiger partial charge in [0.2, 0.25) is 11.8 Å². The zero-order valence-corrected chi connectivity index (χ0v) is 26.2. The molecule has 43 heavy (non-hydrogen) atoms. The summed E-state index contributed by atoms with van der Waals surface area (Å²) in [5.74, 6) is -2.70. The smallest absolute Gasteiger partial charge is 0.396 e. The molecule has 0 aromatic rings. The van der Waals surface area contributed by atoms with Crippen molar-refractivity contribution in [3.8, 4) is 0 Å². The number of nitrogens with zero attached hydrogens (tertiary/aromatic N) is 4. The molecule has 11 atom stereocenters. The Hall–Kier alpha value is -1.26. The maximum absolute atomic E-state index is 12.6. The summed E-state index contributed by atoms with van der Waals surface area (Å²) in [6, 6.07) is -2.57. The van der Waals surface area contributed by atoms with E-state index >= 15 is 0 Å². The molecule has 0 spiro atoms. The number of hydrogen-bond donors (Lipinski definition) is 9. The Morgan fingerprint density at radius 1 is 1.14 bits per heavy atom. The Morgan fingerprint density at radius 3 is 2.42 bits per heavy atom. The van der Waals surface area contributed by atoms with E-state index in [-0.39, 0.29) is 42.5 Å². The minimum atomic E-state index is -5.60. The second-order valence-corrected chi connectivity index (χ2v) is 12.4. The van der Waals surface area contributed by atoms with E-state index < -0.39 is 114 Å². The van der Waals surface area contributed by atoms with Crippen LogP contribution in [0, 0.1) is 5.92 Å². The average Bonchev–Trinajstić information content (AvgIpc) is 3.18. The van der Waals surface area contributed by atoms with Crippen molar-refractivity contribution >= 4 is 63.0 Å². The quantitative estimate of drug-likeness (QED) is 0.0315. The van der Waals surface area contributed by atoms with Crippen molar-refractivity contribution in [3.05, 3.63) is 10.4 Å².